The van der Waals surface area contributed by atoms with Crippen LogP contribution in [-0.2, 0) is 5.41 Å². The van der Waals surface area contributed by atoms with Crippen LogP contribution < -0.4 is 4.74 Å². The first-order valence-electron chi connectivity index (χ1n) is 18.8. The van der Waals surface area contributed by atoms with Crippen LogP contribution in [-0.4, -0.2) is 0 Å². The van der Waals surface area contributed by atoms with E-state index in [9.17, 15) is 0 Å². The summed E-state index contributed by atoms with van der Waals surface area (Å²) in [5.41, 5.74) is 17.4. The van der Waals surface area contributed by atoms with Crippen LogP contribution in [0.1, 0.15) is 25.0 Å². The van der Waals surface area contributed by atoms with Gasteiger partial charge in [0.15, 0.2) is 0 Å². The molecule has 9 aromatic rings. The van der Waals surface area contributed by atoms with Crippen molar-refractivity contribution in [1.29, 1.82) is 0 Å². The van der Waals surface area contributed by atoms with Crippen LogP contribution in [0.3, 0.4) is 0 Å². The maximum Gasteiger partial charge on any atom is 0.135 e. The summed E-state index contributed by atoms with van der Waals surface area (Å²) in [6, 6.07) is 66.6. The summed E-state index contributed by atoms with van der Waals surface area (Å²) in [5.74, 6) is 1.79. The Balaban J connectivity index is 1.12. The topological polar surface area (TPSA) is 9.23 Å². The van der Waals surface area contributed by atoms with Gasteiger partial charge >= 0.3 is 0 Å². The highest BCUT2D eigenvalue weighted by atomic mass is 16.5. The molecule has 0 fully saturated rings. The Kier molecular flexibility index (Phi) is 6.66. The van der Waals surface area contributed by atoms with Crippen molar-refractivity contribution < 1.29 is 4.74 Å². The summed E-state index contributed by atoms with van der Waals surface area (Å²) in [6.07, 6.45) is 0. The molecule has 1 aliphatic carbocycles. The van der Waals surface area contributed by atoms with E-state index in [2.05, 4.69) is 196 Å². The molecule has 0 amide bonds. The second kappa shape index (κ2) is 11.7. The zero-order valence-corrected chi connectivity index (χ0v) is 30.2. The van der Waals surface area contributed by atoms with Crippen molar-refractivity contribution in [2.24, 2.45) is 0 Å². The van der Waals surface area contributed by atoms with E-state index in [0.717, 1.165) is 28.0 Å². The van der Waals surface area contributed by atoms with Gasteiger partial charge in [0.05, 0.1) is 0 Å². The molecule has 1 aliphatic heterocycles. The van der Waals surface area contributed by atoms with Gasteiger partial charge in [-0.1, -0.05) is 166 Å². The molecular formula is C53H36O. The third-order valence-electron chi connectivity index (χ3n) is 11.9. The molecule has 0 atom stereocenters. The number of hydrogen-bond donors (Lipinski definition) is 0. The van der Waals surface area contributed by atoms with Gasteiger partial charge in [0.25, 0.3) is 0 Å². The van der Waals surface area contributed by atoms with Gasteiger partial charge in [-0.25, -0.2) is 0 Å². The van der Waals surface area contributed by atoms with E-state index < -0.39 is 0 Å². The fourth-order valence-corrected chi connectivity index (χ4v) is 9.27. The van der Waals surface area contributed by atoms with Crippen molar-refractivity contribution in [3.63, 3.8) is 0 Å². The molecule has 0 spiro atoms. The third-order valence-corrected chi connectivity index (χ3v) is 11.9. The minimum Gasteiger partial charge on any atom is -0.456 e. The lowest BCUT2D eigenvalue weighted by molar-refractivity contribution is 0.487. The zero-order chi connectivity index (χ0) is 36.0. The highest BCUT2D eigenvalue weighted by Crippen LogP contribution is 2.54. The predicted octanol–water partition coefficient (Wildman–Crippen LogP) is 14.7. The molecule has 11 rings (SSSR count). The van der Waals surface area contributed by atoms with Crippen LogP contribution in [0.5, 0.6) is 11.5 Å². The van der Waals surface area contributed by atoms with Crippen LogP contribution in [0, 0.1) is 0 Å². The summed E-state index contributed by atoms with van der Waals surface area (Å²) in [5, 5.41) is 4.95. The second-order valence-electron chi connectivity index (χ2n) is 15.2. The zero-order valence-electron chi connectivity index (χ0n) is 30.2. The molecule has 2 aliphatic rings. The van der Waals surface area contributed by atoms with Crippen molar-refractivity contribution in [2.45, 2.75) is 19.3 Å². The van der Waals surface area contributed by atoms with Crippen molar-refractivity contribution >= 4 is 21.5 Å². The van der Waals surface area contributed by atoms with E-state index in [1.54, 1.807) is 0 Å². The van der Waals surface area contributed by atoms with Crippen molar-refractivity contribution in [1.82, 2.24) is 0 Å². The molecule has 0 bridgehead atoms. The molecule has 0 saturated carbocycles. The number of benzene rings is 9. The van der Waals surface area contributed by atoms with Gasteiger partial charge in [0.2, 0.25) is 0 Å². The Morgan fingerprint density at radius 3 is 1.72 bits per heavy atom. The Morgan fingerprint density at radius 2 is 0.926 bits per heavy atom. The van der Waals surface area contributed by atoms with Crippen LogP contribution in [0.4, 0.5) is 0 Å². The van der Waals surface area contributed by atoms with Gasteiger partial charge in [0, 0.05) is 16.4 Å². The van der Waals surface area contributed by atoms with Crippen LogP contribution >= 0.6 is 0 Å². The fourth-order valence-electron chi connectivity index (χ4n) is 9.27. The summed E-state index contributed by atoms with van der Waals surface area (Å²) in [4.78, 5) is 0. The van der Waals surface area contributed by atoms with Gasteiger partial charge < -0.3 is 4.74 Å². The Bertz CT molecular complexity index is 2970. The third kappa shape index (κ3) is 4.52. The first-order chi connectivity index (χ1) is 26.5. The van der Waals surface area contributed by atoms with E-state index in [0.29, 0.717) is 0 Å². The van der Waals surface area contributed by atoms with E-state index in [1.165, 1.54) is 82.9 Å². The van der Waals surface area contributed by atoms with Crippen molar-refractivity contribution in [2.75, 3.05) is 0 Å². The minimum absolute atomic E-state index is 0.120. The van der Waals surface area contributed by atoms with Gasteiger partial charge in [-0.05, 0) is 119 Å². The SMILES string of the molecule is CC1(C)c2ccccc2-c2c1cc(-c1cc(-c3ccc4c(c3)-c3cccc5c(-c6ccccc6)ccc(c35)O4)ccc1-c1ccccc1)c1ccccc21. The molecule has 9 aromatic carbocycles. The molecule has 1 heterocycles. The Hall–Kier alpha value is -6.70. The molecular weight excluding hydrogens is 653 g/mol. The van der Waals surface area contributed by atoms with Crippen LogP contribution in [0.2, 0.25) is 0 Å². The van der Waals surface area contributed by atoms with Gasteiger partial charge in [-0.3, -0.25) is 0 Å². The van der Waals surface area contributed by atoms with E-state index in [-0.39, 0.29) is 5.41 Å². The maximum absolute atomic E-state index is 6.64. The molecule has 0 saturated heterocycles. The molecule has 0 radical (unpaired) electrons. The van der Waals surface area contributed by atoms with Gasteiger partial charge in [0.1, 0.15) is 11.5 Å². The minimum atomic E-state index is -0.120. The average Bonchev–Trinajstić information content (AvgIpc) is 3.47. The molecule has 1 nitrogen and oxygen atoms in total. The van der Waals surface area contributed by atoms with Crippen molar-refractivity contribution in [3.05, 3.63) is 193 Å². The molecule has 254 valence electrons. The summed E-state index contributed by atoms with van der Waals surface area (Å²) >= 11 is 0. The standard InChI is InChI=1S/C53H36O/c1-53(2)47-23-12-11-20-43(47)51-41-19-10-9-18-39(41)45(32-48(51)53)44-30-35(24-26-38(44)34-16-7-4-8-17-34)36-25-28-49-46(31-36)42-22-13-21-40-37(33-14-5-3-6-15-33)27-29-50(54-49)52(40)42/h3-32H,1-2H3. The van der Waals surface area contributed by atoms with Gasteiger partial charge in [-0.15, -0.1) is 0 Å². The molecule has 0 N–H and O–H groups in total. The van der Waals surface area contributed by atoms with E-state index in [1.807, 2.05) is 0 Å². The molecule has 0 aromatic heterocycles. The summed E-state index contributed by atoms with van der Waals surface area (Å²) in [7, 11) is 0. The average molecular weight is 689 g/mol. The van der Waals surface area contributed by atoms with Crippen LogP contribution in [0.25, 0.3) is 88.3 Å². The number of fused-ring (bicyclic) bond motifs is 7. The monoisotopic (exact) mass is 688 g/mol. The predicted molar refractivity (Wildman–Crippen MR) is 226 cm³/mol. The van der Waals surface area contributed by atoms with Crippen molar-refractivity contribution in [3.8, 4) is 78.3 Å². The maximum atomic E-state index is 6.64. The lowest BCUT2D eigenvalue weighted by Gasteiger charge is -2.24. The number of ether oxygens (including phenoxy) is 1. The lowest BCUT2D eigenvalue weighted by atomic mass is 9.79. The first kappa shape index (κ1) is 30.9. The Labute approximate surface area is 315 Å². The normalized spacial score (nSPS) is 13.3. The smallest absolute Gasteiger partial charge is 0.135 e. The van der Waals surface area contributed by atoms with E-state index >= 15 is 0 Å². The quantitative estimate of drug-likeness (QED) is 0.179. The highest BCUT2D eigenvalue weighted by molar-refractivity contribution is 6.12. The largest absolute Gasteiger partial charge is 0.456 e. The first-order valence-corrected chi connectivity index (χ1v) is 18.8. The summed E-state index contributed by atoms with van der Waals surface area (Å²) in [6.45, 7) is 4.75. The molecule has 0 unspecified atom stereocenters. The Morgan fingerprint density at radius 1 is 0.333 bits per heavy atom. The fraction of sp³-hybridized carbons (Fsp3) is 0.0566. The lowest BCUT2D eigenvalue weighted by Crippen LogP contribution is -2.15. The second-order valence-corrected chi connectivity index (χ2v) is 15.2. The molecule has 54 heavy (non-hydrogen) atoms. The summed E-state index contributed by atoms with van der Waals surface area (Å²) < 4.78 is 6.64. The van der Waals surface area contributed by atoms with Gasteiger partial charge in [-0.2, -0.15) is 0 Å². The molecule has 1 heteroatoms. The highest BCUT2D eigenvalue weighted by Gasteiger charge is 2.37. The van der Waals surface area contributed by atoms with Crippen LogP contribution in [0.15, 0.2) is 182 Å². The number of hydrogen-bond acceptors (Lipinski definition) is 1. The number of rotatable bonds is 4. The van der Waals surface area contributed by atoms with E-state index in [4.69, 9.17) is 4.74 Å².